The molecule has 114 valence electrons. The first kappa shape index (κ1) is 18.8. The molecule has 1 rings (SSSR count). The molecular weight excluding hydrogens is 302 g/mol. The second kappa shape index (κ2) is 7.53. The minimum absolute atomic E-state index is 0.0666. The molecule has 0 bridgehead atoms. The van der Waals surface area contributed by atoms with Gasteiger partial charge in [-0.05, 0) is 26.0 Å². The molecule has 0 aliphatic rings. The number of aryl methyl sites for hydroxylation is 1. The number of hydrogen-bond donors (Lipinski definition) is 2. The van der Waals surface area contributed by atoms with Crippen molar-refractivity contribution in [2.45, 2.75) is 24.8 Å². The van der Waals surface area contributed by atoms with Crippen LogP contribution in [0.1, 0.15) is 12.5 Å². The molecule has 0 amide bonds. The molecule has 0 aromatic heterocycles. The van der Waals surface area contributed by atoms with Crippen molar-refractivity contribution in [1.82, 2.24) is 0 Å². The summed E-state index contributed by atoms with van der Waals surface area (Å²) in [7, 11) is -7.00. The lowest BCUT2D eigenvalue weighted by Gasteiger charge is -1.95. The Morgan fingerprint density at radius 1 is 1.15 bits per heavy atom. The molecule has 0 fully saturated rings. The first-order chi connectivity index (χ1) is 8.92. The average Bonchev–Trinajstić information content (AvgIpc) is 2.26. The zero-order valence-electron chi connectivity index (χ0n) is 11.5. The second-order valence-electron chi connectivity index (χ2n) is 4.31. The van der Waals surface area contributed by atoms with E-state index in [9.17, 15) is 16.8 Å². The molecule has 0 aliphatic heterocycles. The van der Waals surface area contributed by atoms with Gasteiger partial charge in [-0.2, -0.15) is 8.42 Å². The SMILES string of the molecule is C[C@H](N)C=CS(C)(=O)=O.Cc1ccc(S(=O)(=O)O)cc1. The highest BCUT2D eigenvalue weighted by Gasteiger charge is 2.06. The van der Waals surface area contributed by atoms with Gasteiger partial charge in [0, 0.05) is 17.7 Å². The van der Waals surface area contributed by atoms with Crippen LogP contribution in [-0.2, 0) is 20.0 Å². The topological polar surface area (TPSA) is 115 Å². The summed E-state index contributed by atoms with van der Waals surface area (Å²) in [5.74, 6) is 0. The normalized spacial score (nSPS) is 13.7. The summed E-state index contributed by atoms with van der Waals surface area (Å²) in [6, 6.07) is 5.79. The quantitative estimate of drug-likeness (QED) is 0.807. The highest BCUT2D eigenvalue weighted by molar-refractivity contribution is 7.93. The summed E-state index contributed by atoms with van der Waals surface area (Å²) in [6.07, 6.45) is 2.57. The van der Waals surface area contributed by atoms with E-state index in [1.807, 2.05) is 6.92 Å². The molecule has 1 aromatic carbocycles. The van der Waals surface area contributed by atoms with E-state index in [0.717, 1.165) is 17.2 Å². The fourth-order valence-electron chi connectivity index (χ4n) is 0.977. The van der Waals surface area contributed by atoms with Gasteiger partial charge in [0.25, 0.3) is 10.1 Å². The average molecular weight is 321 g/mol. The number of hydrogen-bond acceptors (Lipinski definition) is 5. The van der Waals surface area contributed by atoms with Crippen LogP contribution in [0.15, 0.2) is 40.6 Å². The van der Waals surface area contributed by atoms with Crippen LogP contribution in [0.5, 0.6) is 0 Å². The van der Waals surface area contributed by atoms with Gasteiger partial charge >= 0.3 is 0 Å². The van der Waals surface area contributed by atoms with Crippen LogP contribution in [-0.4, -0.2) is 33.7 Å². The number of nitrogens with two attached hydrogens (primary N) is 1. The van der Waals surface area contributed by atoms with Crippen molar-refractivity contribution in [3.63, 3.8) is 0 Å². The molecule has 0 aliphatic carbocycles. The van der Waals surface area contributed by atoms with E-state index in [0.29, 0.717) is 0 Å². The lowest BCUT2D eigenvalue weighted by molar-refractivity contribution is 0.483. The molecule has 20 heavy (non-hydrogen) atoms. The third-order valence-electron chi connectivity index (χ3n) is 1.95. The first-order valence-electron chi connectivity index (χ1n) is 5.60. The van der Waals surface area contributed by atoms with Crippen LogP contribution in [0.25, 0.3) is 0 Å². The summed E-state index contributed by atoms with van der Waals surface area (Å²) < 4.78 is 50.3. The standard InChI is InChI=1S/C7H8O3S.C5H11NO2S/c1-6-2-4-7(5-3-6)11(8,9)10;1-5(6)3-4-9(2,7)8/h2-5H,1H3,(H,8,9,10);3-5H,6H2,1-2H3/t;5-/m.0/s1. The van der Waals surface area contributed by atoms with E-state index in [1.54, 1.807) is 19.1 Å². The fraction of sp³-hybridized carbons (Fsp3) is 0.333. The monoisotopic (exact) mass is 321 g/mol. The molecule has 0 heterocycles. The minimum Gasteiger partial charge on any atom is -0.325 e. The Hall–Kier alpha value is -1.22. The van der Waals surface area contributed by atoms with Crippen molar-refractivity contribution < 1.29 is 21.4 Å². The van der Waals surface area contributed by atoms with Crippen molar-refractivity contribution in [2.75, 3.05) is 6.26 Å². The molecule has 3 N–H and O–H groups in total. The third-order valence-corrected chi connectivity index (χ3v) is 3.47. The van der Waals surface area contributed by atoms with Crippen molar-refractivity contribution in [2.24, 2.45) is 5.73 Å². The van der Waals surface area contributed by atoms with Crippen LogP contribution in [0, 0.1) is 6.92 Å². The number of benzene rings is 1. The van der Waals surface area contributed by atoms with Crippen LogP contribution in [0.4, 0.5) is 0 Å². The van der Waals surface area contributed by atoms with Gasteiger partial charge in [-0.3, -0.25) is 4.55 Å². The number of rotatable bonds is 3. The van der Waals surface area contributed by atoms with Gasteiger partial charge in [0.1, 0.15) is 0 Å². The van der Waals surface area contributed by atoms with E-state index in [-0.39, 0.29) is 10.9 Å². The van der Waals surface area contributed by atoms with E-state index in [2.05, 4.69) is 0 Å². The Morgan fingerprint density at radius 2 is 1.60 bits per heavy atom. The lowest BCUT2D eigenvalue weighted by Crippen LogP contribution is -2.10. The van der Waals surface area contributed by atoms with Gasteiger partial charge < -0.3 is 5.73 Å². The summed E-state index contributed by atoms with van der Waals surface area (Å²) >= 11 is 0. The van der Waals surface area contributed by atoms with Gasteiger partial charge in [-0.15, -0.1) is 0 Å². The second-order valence-corrected chi connectivity index (χ2v) is 7.66. The van der Waals surface area contributed by atoms with E-state index in [4.69, 9.17) is 10.3 Å². The van der Waals surface area contributed by atoms with Gasteiger partial charge in [-0.1, -0.05) is 23.8 Å². The largest absolute Gasteiger partial charge is 0.325 e. The maximum absolute atomic E-state index is 10.5. The maximum Gasteiger partial charge on any atom is 0.294 e. The Kier molecular flexibility index (Phi) is 7.07. The highest BCUT2D eigenvalue weighted by atomic mass is 32.2. The highest BCUT2D eigenvalue weighted by Crippen LogP contribution is 2.08. The molecule has 1 atom stereocenters. The predicted molar refractivity (Wildman–Crippen MR) is 78.6 cm³/mol. The predicted octanol–water partition coefficient (Wildman–Crippen LogP) is 1.13. The van der Waals surface area contributed by atoms with Gasteiger partial charge in [0.2, 0.25) is 0 Å². The molecule has 1 aromatic rings. The third kappa shape index (κ3) is 9.68. The zero-order valence-corrected chi connectivity index (χ0v) is 13.1. The van der Waals surface area contributed by atoms with Crippen LogP contribution in [0.2, 0.25) is 0 Å². The lowest BCUT2D eigenvalue weighted by atomic mass is 10.2. The van der Waals surface area contributed by atoms with Crippen LogP contribution >= 0.6 is 0 Å². The van der Waals surface area contributed by atoms with Crippen molar-refractivity contribution in [1.29, 1.82) is 0 Å². The Labute approximate surface area is 120 Å². The van der Waals surface area contributed by atoms with Crippen molar-refractivity contribution >= 4 is 20.0 Å². The summed E-state index contributed by atoms with van der Waals surface area (Å²) in [5, 5.41) is 1.11. The zero-order chi connectivity index (χ0) is 16.0. The summed E-state index contributed by atoms with van der Waals surface area (Å²) in [4.78, 5) is -0.0666. The van der Waals surface area contributed by atoms with Crippen molar-refractivity contribution in [3.8, 4) is 0 Å². The Morgan fingerprint density at radius 3 is 1.85 bits per heavy atom. The first-order valence-corrected chi connectivity index (χ1v) is 8.99. The van der Waals surface area contributed by atoms with Crippen LogP contribution in [0.3, 0.4) is 0 Å². The summed E-state index contributed by atoms with van der Waals surface area (Å²) in [5.41, 5.74) is 6.20. The van der Waals surface area contributed by atoms with Crippen LogP contribution < -0.4 is 5.73 Å². The molecule has 0 saturated heterocycles. The van der Waals surface area contributed by atoms with E-state index >= 15 is 0 Å². The van der Waals surface area contributed by atoms with Gasteiger partial charge in [0.15, 0.2) is 9.84 Å². The minimum atomic E-state index is -4.02. The molecular formula is C12H19NO5S2. The Balaban J connectivity index is 0.000000370. The molecule has 0 radical (unpaired) electrons. The molecule has 0 spiro atoms. The Bertz CT molecular complexity index is 644. The number of sulfone groups is 1. The van der Waals surface area contributed by atoms with Gasteiger partial charge in [0.05, 0.1) is 4.90 Å². The smallest absolute Gasteiger partial charge is 0.294 e. The maximum atomic E-state index is 10.5. The van der Waals surface area contributed by atoms with E-state index < -0.39 is 20.0 Å². The molecule has 0 unspecified atom stereocenters. The fourth-order valence-corrected chi connectivity index (χ4v) is 1.99. The van der Waals surface area contributed by atoms with Crippen molar-refractivity contribution in [3.05, 3.63) is 41.3 Å². The van der Waals surface area contributed by atoms with Gasteiger partial charge in [-0.25, -0.2) is 8.42 Å². The summed E-state index contributed by atoms with van der Waals surface area (Å²) in [6.45, 7) is 3.55. The van der Waals surface area contributed by atoms with E-state index in [1.165, 1.54) is 18.2 Å². The molecule has 8 heteroatoms. The molecule has 6 nitrogen and oxygen atoms in total. The molecule has 0 saturated carbocycles.